The molecule has 0 amide bonds. The highest BCUT2D eigenvalue weighted by atomic mass is 16.5. The van der Waals surface area contributed by atoms with Crippen LogP contribution in [0, 0.1) is 0 Å². The number of carbonyl (C=O) groups excluding carboxylic acids is 1. The molecular weight excluding hydrogens is 276 g/mol. The molecule has 128 valence electrons. The third-order valence-corrected chi connectivity index (χ3v) is 3.65. The van der Waals surface area contributed by atoms with Gasteiger partial charge in [0.05, 0.1) is 7.11 Å². The first kappa shape index (κ1) is 20.9. The molecular formula is C19H34O3. The van der Waals surface area contributed by atoms with Crippen LogP contribution < -0.4 is 0 Å². The maximum Gasteiger partial charge on any atom is 0.334 e. The monoisotopic (exact) mass is 310 g/mol. The Morgan fingerprint density at radius 2 is 1.55 bits per heavy atom. The summed E-state index contributed by atoms with van der Waals surface area (Å²) in [5.41, 5.74) is 0. The lowest BCUT2D eigenvalue weighted by Gasteiger charge is -2.07. The molecule has 0 saturated carbocycles. The summed E-state index contributed by atoms with van der Waals surface area (Å²) < 4.78 is 4.48. The minimum atomic E-state index is -0.950. The van der Waals surface area contributed by atoms with Gasteiger partial charge in [-0.05, 0) is 38.5 Å². The Labute approximate surface area is 136 Å². The van der Waals surface area contributed by atoms with Gasteiger partial charge in [-0.1, -0.05) is 63.3 Å². The molecule has 1 atom stereocenters. The Balaban J connectivity index is 3.32. The first-order chi connectivity index (χ1) is 10.7. The highest BCUT2D eigenvalue weighted by Gasteiger charge is 2.13. The summed E-state index contributed by atoms with van der Waals surface area (Å²) in [7, 11) is 1.30. The third kappa shape index (κ3) is 13.9. The first-order valence-corrected chi connectivity index (χ1v) is 8.78. The number of allylic oxidation sites excluding steroid dienone is 4. The van der Waals surface area contributed by atoms with Gasteiger partial charge in [0.2, 0.25) is 0 Å². The van der Waals surface area contributed by atoms with Gasteiger partial charge in [-0.3, -0.25) is 0 Å². The fourth-order valence-corrected chi connectivity index (χ4v) is 2.23. The van der Waals surface area contributed by atoms with Gasteiger partial charge < -0.3 is 9.84 Å². The van der Waals surface area contributed by atoms with E-state index in [4.69, 9.17) is 0 Å². The second kappa shape index (κ2) is 16.3. The van der Waals surface area contributed by atoms with Crippen LogP contribution in [0.15, 0.2) is 24.3 Å². The van der Waals surface area contributed by atoms with E-state index in [1.54, 1.807) is 0 Å². The molecule has 0 spiro atoms. The van der Waals surface area contributed by atoms with E-state index in [0.29, 0.717) is 6.42 Å². The zero-order chi connectivity index (χ0) is 16.5. The van der Waals surface area contributed by atoms with E-state index in [9.17, 15) is 9.90 Å². The van der Waals surface area contributed by atoms with Gasteiger partial charge in [-0.15, -0.1) is 0 Å². The molecule has 0 radical (unpaired) electrons. The maximum absolute atomic E-state index is 11.0. The van der Waals surface area contributed by atoms with Crippen LogP contribution in [-0.2, 0) is 9.53 Å². The largest absolute Gasteiger partial charge is 0.467 e. The summed E-state index contributed by atoms with van der Waals surface area (Å²) in [4.78, 5) is 11.0. The number of hydrogen-bond donors (Lipinski definition) is 1. The predicted molar refractivity (Wildman–Crippen MR) is 92.8 cm³/mol. The van der Waals surface area contributed by atoms with Crippen molar-refractivity contribution in [2.45, 2.75) is 83.7 Å². The summed E-state index contributed by atoms with van der Waals surface area (Å²) in [5, 5.41) is 9.42. The highest BCUT2D eigenvalue weighted by Crippen LogP contribution is 2.09. The molecule has 0 fully saturated rings. The summed E-state index contributed by atoms with van der Waals surface area (Å²) in [6.07, 6.45) is 20.1. The van der Waals surface area contributed by atoms with Gasteiger partial charge in [0.1, 0.15) is 0 Å². The number of methoxy groups -OCH3 is 1. The molecule has 0 aliphatic heterocycles. The van der Waals surface area contributed by atoms with Crippen LogP contribution in [0.4, 0.5) is 0 Å². The van der Waals surface area contributed by atoms with Gasteiger partial charge in [-0.25, -0.2) is 4.79 Å². The highest BCUT2D eigenvalue weighted by molar-refractivity contribution is 5.74. The van der Waals surface area contributed by atoms with Crippen molar-refractivity contribution in [1.82, 2.24) is 0 Å². The molecule has 0 rings (SSSR count). The molecule has 3 heteroatoms. The minimum absolute atomic E-state index is 0.505. The maximum atomic E-state index is 11.0. The molecule has 1 unspecified atom stereocenters. The number of aliphatic hydroxyl groups excluding tert-OH is 1. The molecule has 3 nitrogen and oxygen atoms in total. The van der Waals surface area contributed by atoms with Crippen LogP contribution in [-0.4, -0.2) is 24.3 Å². The smallest absolute Gasteiger partial charge is 0.334 e. The molecule has 0 aliphatic rings. The summed E-state index contributed by atoms with van der Waals surface area (Å²) in [5.74, 6) is -0.523. The van der Waals surface area contributed by atoms with Crippen LogP contribution >= 0.6 is 0 Å². The van der Waals surface area contributed by atoms with E-state index < -0.39 is 12.1 Å². The van der Waals surface area contributed by atoms with E-state index >= 15 is 0 Å². The number of hydrogen-bond acceptors (Lipinski definition) is 3. The molecule has 0 saturated heterocycles. The number of carbonyl (C=O) groups is 1. The van der Waals surface area contributed by atoms with Crippen LogP contribution in [0.25, 0.3) is 0 Å². The Morgan fingerprint density at radius 1 is 0.955 bits per heavy atom. The van der Waals surface area contributed by atoms with Crippen LogP contribution in [0.3, 0.4) is 0 Å². The second-order valence-corrected chi connectivity index (χ2v) is 5.70. The number of ether oxygens (including phenoxy) is 1. The van der Waals surface area contributed by atoms with Crippen LogP contribution in [0.2, 0.25) is 0 Å². The van der Waals surface area contributed by atoms with Gasteiger partial charge >= 0.3 is 5.97 Å². The number of aliphatic hydroxyl groups is 1. The van der Waals surface area contributed by atoms with Gasteiger partial charge in [0.15, 0.2) is 6.10 Å². The molecule has 1 N–H and O–H groups in total. The average molecular weight is 310 g/mol. The van der Waals surface area contributed by atoms with Crippen molar-refractivity contribution >= 4 is 5.97 Å². The fourth-order valence-electron chi connectivity index (χ4n) is 2.23. The Morgan fingerprint density at radius 3 is 2.14 bits per heavy atom. The number of rotatable bonds is 14. The van der Waals surface area contributed by atoms with Gasteiger partial charge in [0.25, 0.3) is 0 Å². The van der Waals surface area contributed by atoms with E-state index in [0.717, 1.165) is 32.1 Å². The van der Waals surface area contributed by atoms with E-state index in [1.165, 1.54) is 39.2 Å². The van der Waals surface area contributed by atoms with Crippen molar-refractivity contribution in [1.29, 1.82) is 0 Å². The lowest BCUT2D eigenvalue weighted by molar-refractivity contribution is -0.150. The zero-order valence-corrected chi connectivity index (χ0v) is 14.4. The van der Waals surface area contributed by atoms with Gasteiger partial charge in [0, 0.05) is 0 Å². The van der Waals surface area contributed by atoms with Crippen molar-refractivity contribution < 1.29 is 14.6 Å². The molecule has 0 aliphatic carbocycles. The molecule has 0 heterocycles. The molecule has 0 aromatic heterocycles. The normalized spacial score (nSPS) is 13.0. The average Bonchev–Trinajstić information content (AvgIpc) is 2.54. The SMILES string of the molecule is CCCCCC=CCC=CCCCCCCC(O)C(=O)OC. The van der Waals surface area contributed by atoms with Crippen LogP contribution in [0.5, 0.6) is 0 Å². The lowest BCUT2D eigenvalue weighted by atomic mass is 10.1. The predicted octanol–water partition coefficient (Wildman–Crippen LogP) is 4.94. The standard InChI is InChI=1S/C19H34O3/c1-3-4-5-6-7-8-9-10-11-12-13-14-15-16-17-18(20)19(21)22-2/h7-8,10-11,18,20H,3-6,9,12-17H2,1-2H3. The van der Waals surface area contributed by atoms with Crippen molar-refractivity contribution in [3.63, 3.8) is 0 Å². The fraction of sp³-hybridized carbons (Fsp3) is 0.737. The van der Waals surface area contributed by atoms with Crippen molar-refractivity contribution in [3.8, 4) is 0 Å². The molecule has 0 aromatic rings. The molecule has 0 aromatic carbocycles. The third-order valence-electron chi connectivity index (χ3n) is 3.65. The van der Waals surface area contributed by atoms with Crippen molar-refractivity contribution in [2.75, 3.05) is 7.11 Å². The topological polar surface area (TPSA) is 46.5 Å². The van der Waals surface area contributed by atoms with E-state index in [1.807, 2.05) is 0 Å². The second-order valence-electron chi connectivity index (χ2n) is 5.70. The van der Waals surface area contributed by atoms with E-state index in [-0.39, 0.29) is 0 Å². The first-order valence-electron chi connectivity index (χ1n) is 8.78. The quantitative estimate of drug-likeness (QED) is 0.281. The molecule has 0 bridgehead atoms. The minimum Gasteiger partial charge on any atom is -0.467 e. The Bertz CT molecular complexity index is 308. The lowest BCUT2D eigenvalue weighted by Crippen LogP contribution is -2.21. The molecule has 22 heavy (non-hydrogen) atoms. The van der Waals surface area contributed by atoms with E-state index in [2.05, 4.69) is 36.0 Å². The van der Waals surface area contributed by atoms with Gasteiger partial charge in [-0.2, -0.15) is 0 Å². The van der Waals surface area contributed by atoms with Crippen LogP contribution in [0.1, 0.15) is 77.6 Å². The Hall–Kier alpha value is -1.09. The summed E-state index contributed by atoms with van der Waals surface area (Å²) >= 11 is 0. The summed E-state index contributed by atoms with van der Waals surface area (Å²) in [6.45, 7) is 2.23. The summed E-state index contributed by atoms with van der Waals surface area (Å²) in [6, 6.07) is 0. The zero-order valence-electron chi connectivity index (χ0n) is 14.4. The number of unbranched alkanes of at least 4 members (excludes halogenated alkanes) is 7. The van der Waals surface area contributed by atoms with Crippen molar-refractivity contribution in [2.24, 2.45) is 0 Å². The Kier molecular flexibility index (Phi) is 15.5. The van der Waals surface area contributed by atoms with Crippen molar-refractivity contribution in [3.05, 3.63) is 24.3 Å². The number of esters is 1.